The zero-order chi connectivity index (χ0) is 11.7. The molecule has 17 heavy (non-hydrogen) atoms. The molecule has 0 aromatic heterocycles. The van der Waals surface area contributed by atoms with Gasteiger partial charge in [-0.15, -0.1) is 0 Å². The van der Waals surface area contributed by atoms with Crippen LogP contribution in [0.25, 0.3) is 0 Å². The lowest BCUT2D eigenvalue weighted by molar-refractivity contribution is 0.347. The van der Waals surface area contributed by atoms with Crippen LogP contribution in [0.2, 0.25) is 0 Å². The van der Waals surface area contributed by atoms with Crippen molar-refractivity contribution in [3.63, 3.8) is 0 Å². The van der Waals surface area contributed by atoms with Crippen LogP contribution in [-0.2, 0) is 6.42 Å². The summed E-state index contributed by atoms with van der Waals surface area (Å²) in [5.41, 5.74) is 4.69. The second-order valence-corrected chi connectivity index (χ2v) is 5.86. The van der Waals surface area contributed by atoms with Crippen LogP contribution in [0.3, 0.4) is 0 Å². The Balaban J connectivity index is 1.87. The summed E-state index contributed by atoms with van der Waals surface area (Å²) < 4.78 is 0. The van der Waals surface area contributed by atoms with E-state index >= 15 is 0 Å². The SMILES string of the molecule is CC1CCC(c2cccc3c2CCCN3)CC1. The second-order valence-electron chi connectivity index (χ2n) is 5.86. The van der Waals surface area contributed by atoms with Gasteiger partial charge >= 0.3 is 0 Å². The van der Waals surface area contributed by atoms with Gasteiger partial charge in [0.15, 0.2) is 0 Å². The Morgan fingerprint density at radius 2 is 1.94 bits per heavy atom. The fraction of sp³-hybridized carbons (Fsp3) is 0.625. The number of hydrogen-bond donors (Lipinski definition) is 1. The van der Waals surface area contributed by atoms with Gasteiger partial charge in [0.25, 0.3) is 0 Å². The van der Waals surface area contributed by atoms with Crippen LogP contribution >= 0.6 is 0 Å². The number of fused-ring (bicyclic) bond motifs is 1. The minimum absolute atomic E-state index is 0.834. The summed E-state index contributed by atoms with van der Waals surface area (Å²) in [4.78, 5) is 0. The van der Waals surface area contributed by atoms with E-state index in [0.29, 0.717) is 0 Å². The topological polar surface area (TPSA) is 12.0 Å². The van der Waals surface area contributed by atoms with Gasteiger partial charge in [-0.25, -0.2) is 0 Å². The standard InChI is InChI=1S/C16H23N/c1-12-7-9-13(10-8-12)14-4-2-6-16-15(14)5-3-11-17-16/h2,4,6,12-13,17H,3,5,7-11H2,1H3. The molecule has 0 saturated heterocycles. The first-order valence-electron chi connectivity index (χ1n) is 7.20. The average Bonchev–Trinajstić information content (AvgIpc) is 2.39. The van der Waals surface area contributed by atoms with Crippen LogP contribution < -0.4 is 5.32 Å². The predicted molar refractivity (Wildman–Crippen MR) is 73.6 cm³/mol. The highest BCUT2D eigenvalue weighted by Gasteiger charge is 2.23. The molecule has 1 heterocycles. The third-order valence-electron chi connectivity index (χ3n) is 4.59. The summed E-state index contributed by atoms with van der Waals surface area (Å²) >= 11 is 0. The molecule has 0 spiro atoms. The first-order chi connectivity index (χ1) is 8.34. The first-order valence-corrected chi connectivity index (χ1v) is 7.20. The van der Waals surface area contributed by atoms with Gasteiger partial charge in [0.05, 0.1) is 0 Å². The Labute approximate surface area is 105 Å². The molecule has 0 bridgehead atoms. The van der Waals surface area contributed by atoms with Crippen LogP contribution in [0.1, 0.15) is 56.1 Å². The Morgan fingerprint density at radius 1 is 1.12 bits per heavy atom. The molecule has 0 atom stereocenters. The van der Waals surface area contributed by atoms with Gasteiger partial charge in [0.1, 0.15) is 0 Å². The molecule has 1 N–H and O–H groups in total. The van der Waals surface area contributed by atoms with E-state index in [-0.39, 0.29) is 0 Å². The van der Waals surface area contributed by atoms with Crippen molar-refractivity contribution in [2.45, 2.75) is 51.4 Å². The summed E-state index contributed by atoms with van der Waals surface area (Å²) in [6.07, 6.45) is 8.22. The van der Waals surface area contributed by atoms with Crippen LogP contribution in [-0.4, -0.2) is 6.54 Å². The maximum atomic E-state index is 3.55. The van der Waals surface area contributed by atoms with Crippen LogP contribution in [0.5, 0.6) is 0 Å². The van der Waals surface area contributed by atoms with E-state index in [1.54, 1.807) is 11.1 Å². The lowest BCUT2D eigenvalue weighted by atomic mass is 9.77. The van der Waals surface area contributed by atoms with Crippen molar-refractivity contribution in [2.24, 2.45) is 5.92 Å². The molecule has 1 aromatic rings. The van der Waals surface area contributed by atoms with E-state index < -0.39 is 0 Å². The van der Waals surface area contributed by atoms with E-state index in [4.69, 9.17) is 0 Å². The lowest BCUT2D eigenvalue weighted by Gasteiger charge is -2.30. The summed E-state index contributed by atoms with van der Waals surface area (Å²) in [6, 6.07) is 6.88. The van der Waals surface area contributed by atoms with E-state index in [9.17, 15) is 0 Å². The molecule has 1 saturated carbocycles. The van der Waals surface area contributed by atoms with Gasteiger partial charge in [0, 0.05) is 12.2 Å². The van der Waals surface area contributed by atoms with Crippen molar-refractivity contribution < 1.29 is 0 Å². The van der Waals surface area contributed by atoms with Crippen LogP contribution in [0.15, 0.2) is 18.2 Å². The fourth-order valence-corrected chi connectivity index (χ4v) is 3.49. The molecule has 2 aliphatic rings. The zero-order valence-corrected chi connectivity index (χ0v) is 10.8. The van der Waals surface area contributed by atoms with Gasteiger partial charge < -0.3 is 5.32 Å². The molecule has 1 heteroatoms. The van der Waals surface area contributed by atoms with Crippen molar-refractivity contribution >= 4 is 5.69 Å². The van der Waals surface area contributed by atoms with Gasteiger partial charge in [-0.1, -0.05) is 31.9 Å². The third kappa shape index (κ3) is 2.20. The maximum Gasteiger partial charge on any atom is 0.0375 e. The molecule has 1 aromatic carbocycles. The van der Waals surface area contributed by atoms with E-state index in [1.165, 1.54) is 44.2 Å². The van der Waals surface area contributed by atoms with Gasteiger partial charge in [-0.3, -0.25) is 0 Å². The molecule has 0 amide bonds. The summed E-state index contributed by atoms with van der Waals surface area (Å²) in [5, 5.41) is 3.55. The highest BCUT2D eigenvalue weighted by Crippen LogP contribution is 2.39. The number of anilines is 1. The molecule has 0 radical (unpaired) electrons. The van der Waals surface area contributed by atoms with Crippen molar-refractivity contribution in [1.29, 1.82) is 0 Å². The largest absolute Gasteiger partial charge is 0.385 e. The van der Waals surface area contributed by atoms with Gasteiger partial charge in [0.2, 0.25) is 0 Å². The quantitative estimate of drug-likeness (QED) is 0.755. The average molecular weight is 229 g/mol. The Morgan fingerprint density at radius 3 is 2.76 bits per heavy atom. The summed E-state index contributed by atoms with van der Waals surface area (Å²) in [5.74, 6) is 1.78. The van der Waals surface area contributed by atoms with Crippen molar-refractivity contribution in [2.75, 3.05) is 11.9 Å². The highest BCUT2D eigenvalue weighted by atomic mass is 14.9. The van der Waals surface area contributed by atoms with Crippen LogP contribution in [0, 0.1) is 5.92 Å². The van der Waals surface area contributed by atoms with E-state index in [1.807, 2.05) is 0 Å². The third-order valence-corrected chi connectivity index (χ3v) is 4.59. The summed E-state index contributed by atoms with van der Waals surface area (Å²) in [7, 11) is 0. The minimum atomic E-state index is 0.834. The number of nitrogens with one attached hydrogen (secondary N) is 1. The number of hydrogen-bond acceptors (Lipinski definition) is 1. The maximum absolute atomic E-state index is 3.55. The van der Waals surface area contributed by atoms with Crippen LogP contribution in [0.4, 0.5) is 5.69 Å². The molecule has 1 fully saturated rings. The normalized spacial score (nSPS) is 28.3. The van der Waals surface area contributed by atoms with Crippen molar-refractivity contribution in [3.05, 3.63) is 29.3 Å². The number of rotatable bonds is 1. The molecular weight excluding hydrogens is 206 g/mol. The minimum Gasteiger partial charge on any atom is -0.385 e. The predicted octanol–water partition coefficient (Wildman–Crippen LogP) is 4.34. The molecule has 0 unspecified atom stereocenters. The number of benzene rings is 1. The van der Waals surface area contributed by atoms with E-state index in [0.717, 1.165) is 18.4 Å². The highest BCUT2D eigenvalue weighted by molar-refractivity contribution is 5.57. The molecule has 3 rings (SSSR count). The molecule has 92 valence electrons. The Hall–Kier alpha value is -0.980. The van der Waals surface area contributed by atoms with Gasteiger partial charge in [-0.2, -0.15) is 0 Å². The lowest BCUT2D eigenvalue weighted by Crippen LogP contribution is -2.17. The monoisotopic (exact) mass is 229 g/mol. The Bertz CT molecular complexity index is 389. The second kappa shape index (κ2) is 4.72. The molecule has 1 aliphatic heterocycles. The molecular formula is C16H23N. The van der Waals surface area contributed by atoms with Gasteiger partial charge in [-0.05, 0) is 54.7 Å². The first kappa shape index (κ1) is 11.1. The van der Waals surface area contributed by atoms with E-state index in [2.05, 4.69) is 30.4 Å². The van der Waals surface area contributed by atoms with Crippen molar-refractivity contribution in [3.8, 4) is 0 Å². The zero-order valence-electron chi connectivity index (χ0n) is 10.8. The summed E-state index contributed by atoms with van der Waals surface area (Å²) in [6.45, 7) is 3.55. The molecule has 1 nitrogen and oxygen atoms in total. The van der Waals surface area contributed by atoms with Crippen molar-refractivity contribution in [1.82, 2.24) is 0 Å². The smallest absolute Gasteiger partial charge is 0.0375 e. The fourth-order valence-electron chi connectivity index (χ4n) is 3.49. The Kier molecular flexibility index (Phi) is 3.09. The molecule has 1 aliphatic carbocycles.